The van der Waals surface area contributed by atoms with Crippen LogP contribution in [0.3, 0.4) is 0 Å². The lowest BCUT2D eigenvalue weighted by Gasteiger charge is -2.19. The number of thioether (sulfide) groups is 1. The zero-order chi connectivity index (χ0) is 28.6. The number of hydrogen-bond acceptors (Lipinski definition) is 7. The van der Waals surface area contributed by atoms with Crippen LogP contribution in [0.2, 0.25) is 0 Å². The first-order valence-corrected chi connectivity index (χ1v) is 13.8. The minimum absolute atomic E-state index is 0.176. The van der Waals surface area contributed by atoms with Crippen LogP contribution in [0.1, 0.15) is 62.9 Å². The van der Waals surface area contributed by atoms with E-state index in [0.717, 1.165) is 53.2 Å². The van der Waals surface area contributed by atoms with E-state index in [0.29, 0.717) is 29.4 Å². The van der Waals surface area contributed by atoms with Gasteiger partial charge in [-0.2, -0.15) is 13.2 Å². The van der Waals surface area contributed by atoms with Crippen molar-refractivity contribution in [3.63, 3.8) is 0 Å². The maximum atomic E-state index is 13.0. The SMILES string of the molecule is CCCCNCc1c(CSc2ccc(OCC(=O)OC(C)(C)C)c(C)c2)noc1-c1ccc(C(F)(F)F)cc1. The highest BCUT2D eigenvalue weighted by atomic mass is 32.2. The van der Waals surface area contributed by atoms with Gasteiger partial charge in [0.05, 0.1) is 11.3 Å². The molecular formula is C29H35F3N2O4S. The Labute approximate surface area is 231 Å². The number of carbonyl (C=O) groups is 1. The van der Waals surface area contributed by atoms with E-state index in [9.17, 15) is 18.0 Å². The molecule has 6 nitrogen and oxygen atoms in total. The maximum absolute atomic E-state index is 13.0. The molecule has 0 bridgehead atoms. The van der Waals surface area contributed by atoms with Gasteiger partial charge in [0.15, 0.2) is 12.4 Å². The summed E-state index contributed by atoms with van der Waals surface area (Å²) in [6.45, 7) is 10.5. The van der Waals surface area contributed by atoms with Crippen LogP contribution in [0.4, 0.5) is 13.2 Å². The Kier molecular flexibility index (Phi) is 10.5. The van der Waals surface area contributed by atoms with Crippen molar-refractivity contribution in [3.8, 4) is 17.1 Å². The Morgan fingerprint density at radius 2 is 1.82 bits per heavy atom. The average molecular weight is 565 g/mol. The monoisotopic (exact) mass is 564 g/mol. The number of hydrogen-bond donors (Lipinski definition) is 1. The van der Waals surface area contributed by atoms with Crippen molar-refractivity contribution < 1.29 is 32.0 Å². The molecular weight excluding hydrogens is 529 g/mol. The predicted octanol–water partition coefficient (Wildman–Crippen LogP) is 7.57. The fourth-order valence-corrected chi connectivity index (χ4v) is 4.68. The molecule has 0 atom stereocenters. The van der Waals surface area contributed by atoms with Crippen molar-refractivity contribution in [2.75, 3.05) is 13.2 Å². The van der Waals surface area contributed by atoms with E-state index in [-0.39, 0.29) is 6.61 Å². The zero-order valence-electron chi connectivity index (χ0n) is 22.9. The molecule has 1 N–H and O–H groups in total. The summed E-state index contributed by atoms with van der Waals surface area (Å²) in [5, 5.41) is 7.64. The largest absolute Gasteiger partial charge is 0.482 e. The molecule has 39 heavy (non-hydrogen) atoms. The third-order valence-corrected chi connectivity index (χ3v) is 6.65. The van der Waals surface area contributed by atoms with Crippen molar-refractivity contribution in [1.82, 2.24) is 10.5 Å². The van der Waals surface area contributed by atoms with E-state index in [1.165, 1.54) is 12.1 Å². The summed E-state index contributed by atoms with van der Waals surface area (Å²) in [6.07, 6.45) is -2.35. The Hall–Kier alpha value is -2.98. The molecule has 3 aromatic rings. The highest BCUT2D eigenvalue weighted by Gasteiger charge is 2.30. The molecule has 3 rings (SSSR count). The van der Waals surface area contributed by atoms with Crippen LogP contribution in [0.15, 0.2) is 51.9 Å². The Balaban J connectivity index is 1.71. The second-order valence-electron chi connectivity index (χ2n) is 10.1. The first-order valence-electron chi connectivity index (χ1n) is 12.8. The number of ether oxygens (including phenoxy) is 2. The van der Waals surface area contributed by atoms with E-state index < -0.39 is 23.3 Å². The molecule has 0 unspecified atom stereocenters. The second kappa shape index (κ2) is 13.4. The van der Waals surface area contributed by atoms with Crippen LogP contribution in [0.25, 0.3) is 11.3 Å². The fraction of sp³-hybridized carbons (Fsp3) is 0.448. The molecule has 0 amide bonds. The normalized spacial score (nSPS) is 12.0. The third-order valence-electron chi connectivity index (χ3n) is 5.64. The summed E-state index contributed by atoms with van der Waals surface area (Å²) in [5.74, 6) is 1.13. The van der Waals surface area contributed by atoms with Gasteiger partial charge in [-0.3, -0.25) is 0 Å². The molecule has 0 radical (unpaired) electrons. The van der Waals surface area contributed by atoms with Gasteiger partial charge in [0, 0.05) is 28.3 Å². The van der Waals surface area contributed by atoms with Crippen molar-refractivity contribution in [3.05, 3.63) is 64.8 Å². The van der Waals surface area contributed by atoms with Gasteiger partial charge in [-0.15, -0.1) is 11.8 Å². The molecule has 0 saturated carbocycles. The minimum Gasteiger partial charge on any atom is -0.482 e. The van der Waals surface area contributed by atoms with E-state index in [1.54, 1.807) is 32.5 Å². The number of halogens is 3. The van der Waals surface area contributed by atoms with Crippen LogP contribution in [-0.4, -0.2) is 29.9 Å². The Bertz CT molecular complexity index is 1230. The average Bonchev–Trinajstić information content (AvgIpc) is 3.26. The zero-order valence-corrected chi connectivity index (χ0v) is 23.7. The van der Waals surface area contributed by atoms with Gasteiger partial charge in [-0.05, 0) is 76.6 Å². The van der Waals surface area contributed by atoms with Crippen LogP contribution in [0.5, 0.6) is 5.75 Å². The minimum atomic E-state index is -4.40. The van der Waals surface area contributed by atoms with E-state index in [1.807, 2.05) is 25.1 Å². The molecule has 0 fully saturated rings. The smallest absolute Gasteiger partial charge is 0.416 e. The molecule has 0 spiro atoms. The third kappa shape index (κ3) is 9.32. The topological polar surface area (TPSA) is 73.6 Å². The number of nitrogens with zero attached hydrogens (tertiary/aromatic N) is 1. The lowest BCUT2D eigenvalue weighted by molar-refractivity contribution is -0.157. The van der Waals surface area contributed by atoms with E-state index in [4.69, 9.17) is 14.0 Å². The number of aromatic nitrogens is 1. The van der Waals surface area contributed by atoms with Gasteiger partial charge in [0.25, 0.3) is 0 Å². The van der Waals surface area contributed by atoms with Crippen molar-refractivity contribution in [2.24, 2.45) is 0 Å². The van der Waals surface area contributed by atoms with Crippen LogP contribution >= 0.6 is 11.8 Å². The van der Waals surface area contributed by atoms with E-state index in [2.05, 4.69) is 17.4 Å². The second-order valence-corrected chi connectivity index (χ2v) is 11.2. The van der Waals surface area contributed by atoms with Crippen LogP contribution in [0, 0.1) is 6.92 Å². The summed E-state index contributed by atoms with van der Waals surface area (Å²) in [6, 6.07) is 10.6. The number of rotatable bonds is 12. The number of nitrogens with one attached hydrogen (secondary N) is 1. The first-order chi connectivity index (χ1) is 18.4. The summed E-state index contributed by atoms with van der Waals surface area (Å²) in [4.78, 5) is 12.9. The molecule has 0 aliphatic carbocycles. The number of aryl methyl sites for hydroxylation is 1. The molecule has 0 aliphatic rings. The van der Waals surface area contributed by atoms with Gasteiger partial charge in [0.2, 0.25) is 0 Å². The van der Waals surface area contributed by atoms with Crippen molar-refractivity contribution in [2.45, 2.75) is 76.4 Å². The van der Waals surface area contributed by atoms with Gasteiger partial charge < -0.3 is 19.3 Å². The quantitative estimate of drug-likeness (QED) is 0.138. The summed E-state index contributed by atoms with van der Waals surface area (Å²) < 4.78 is 55.6. The number of alkyl halides is 3. The summed E-state index contributed by atoms with van der Waals surface area (Å²) >= 11 is 1.55. The molecule has 1 aromatic heterocycles. The van der Waals surface area contributed by atoms with Crippen molar-refractivity contribution in [1.29, 1.82) is 0 Å². The molecule has 2 aromatic carbocycles. The van der Waals surface area contributed by atoms with E-state index >= 15 is 0 Å². The summed E-state index contributed by atoms with van der Waals surface area (Å²) in [5.41, 5.74) is 1.68. The number of esters is 1. The fourth-order valence-electron chi connectivity index (χ4n) is 3.72. The van der Waals surface area contributed by atoms with Gasteiger partial charge in [0.1, 0.15) is 11.4 Å². The molecule has 1 heterocycles. The first kappa shape index (κ1) is 30.6. The molecule has 10 heteroatoms. The number of unbranched alkanes of at least 4 members (excludes halogenated alkanes) is 1. The highest BCUT2D eigenvalue weighted by Crippen LogP contribution is 2.35. The molecule has 0 aliphatic heterocycles. The van der Waals surface area contributed by atoms with Gasteiger partial charge in [-0.1, -0.05) is 30.6 Å². The van der Waals surface area contributed by atoms with Gasteiger partial charge in [-0.25, -0.2) is 4.79 Å². The Morgan fingerprint density at radius 3 is 2.44 bits per heavy atom. The lowest BCUT2D eigenvalue weighted by Crippen LogP contribution is -2.27. The number of carbonyl (C=O) groups excluding carboxylic acids is 1. The molecule has 212 valence electrons. The van der Waals surface area contributed by atoms with Crippen LogP contribution in [-0.2, 0) is 28.0 Å². The predicted molar refractivity (Wildman–Crippen MR) is 146 cm³/mol. The Morgan fingerprint density at radius 1 is 1.10 bits per heavy atom. The molecule has 0 saturated heterocycles. The number of benzene rings is 2. The van der Waals surface area contributed by atoms with Crippen LogP contribution < -0.4 is 10.1 Å². The standard InChI is InChI=1S/C29H35F3N2O4S/c1-6-7-14-33-16-23-24(34-38-27(23)20-8-10-21(11-9-20)29(30,31)32)18-39-22-12-13-25(19(2)15-22)36-17-26(35)37-28(3,4)5/h8-13,15,33H,6-7,14,16-18H2,1-5H3. The van der Waals surface area contributed by atoms with Crippen molar-refractivity contribution >= 4 is 17.7 Å². The maximum Gasteiger partial charge on any atom is 0.416 e. The highest BCUT2D eigenvalue weighted by molar-refractivity contribution is 7.98. The lowest BCUT2D eigenvalue weighted by atomic mass is 10.0. The van der Waals surface area contributed by atoms with Gasteiger partial charge >= 0.3 is 12.1 Å². The summed E-state index contributed by atoms with van der Waals surface area (Å²) in [7, 11) is 0.